The number of rotatable bonds is 3. The van der Waals surface area contributed by atoms with Gasteiger partial charge in [0, 0.05) is 63.1 Å². The minimum Gasteiger partial charge on any atom is -0.339 e. The Morgan fingerprint density at radius 3 is 2.24 bits per heavy atom. The van der Waals surface area contributed by atoms with Crippen molar-refractivity contribution in [1.29, 1.82) is 0 Å². The molecule has 7 nitrogen and oxygen atoms in total. The van der Waals surface area contributed by atoms with Crippen LogP contribution in [0.2, 0.25) is 0 Å². The van der Waals surface area contributed by atoms with E-state index in [9.17, 15) is 14.0 Å². The van der Waals surface area contributed by atoms with Gasteiger partial charge in [-0.2, -0.15) is 0 Å². The molecule has 4 rings (SSSR count). The van der Waals surface area contributed by atoms with Crippen molar-refractivity contribution in [3.05, 3.63) is 54.1 Å². The zero-order valence-corrected chi connectivity index (χ0v) is 16.2. The summed E-state index contributed by atoms with van der Waals surface area (Å²) in [6, 6.07) is 7.53. The highest BCUT2D eigenvalue weighted by molar-refractivity contribution is 5.94. The number of anilines is 1. The summed E-state index contributed by atoms with van der Waals surface area (Å²) in [7, 11) is 0. The fourth-order valence-corrected chi connectivity index (χ4v) is 3.97. The van der Waals surface area contributed by atoms with Crippen LogP contribution in [0.25, 0.3) is 0 Å². The average Bonchev–Trinajstić information content (AvgIpc) is 2.79. The molecule has 2 fully saturated rings. The summed E-state index contributed by atoms with van der Waals surface area (Å²) in [6.45, 7) is 3.77. The second-order valence-electron chi connectivity index (χ2n) is 7.44. The van der Waals surface area contributed by atoms with Crippen LogP contribution in [0.3, 0.4) is 0 Å². The number of aromatic nitrogens is 2. The molecule has 0 atom stereocenters. The molecule has 1 aromatic heterocycles. The van der Waals surface area contributed by atoms with Gasteiger partial charge in [0.05, 0.1) is 0 Å². The van der Waals surface area contributed by atoms with Crippen LogP contribution in [0.1, 0.15) is 23.2 Å². The lowest BCUT2D eigenvalue weighted by molar-refractivity contribution is -0.137. The number of piperidine rings is 1. The minimum absolute atomic E-state index is 0.0638. The Bertz CT molecular complexity index is 862. The molecule has 29 heavy (non-hydrogen) atoms. The van der Waals surface area contributed by atoms with Gasteiger partial charge in [-0.3, -0.25) is 9.59 Å². The summed E-state index contributed by atoms with van der Waals surface area (Å²) in [5, 5.41) is 0. The Hall–Kier alpha value is -3.03. The third kappa shape index (κ3) is 4.36. The zero-order chi connectivity index (χ0) is 20.2. The highest BCUT2D eigenvalue weighted by Crippen LogP contribution is 2.22. The maximum atomic E-state index is 13.4. The normalized spacial score (nSPS) is 18.0. The Balaban J connectivity index is 1.28. The molecular formula is C21H24FN5O2. The second-order valence-corrected chi connectivity index (χ2v) is 7.44. The zero-order valence-electron chi connectivity index (χ0n) is 16.2. The van der Waals surface area contributed by atoms with Gasteiger partial charge in [-0.1, -0.05) is 6.07 Å². The van der Waals surface area contributed by atoms with E-state index in [-0.39, 0.29) is 17.7 Å². The summed E-state index contributed by atoms with van der Waals surface area (Å²) >= 11 is 0. The monoisotopic (exact) mass is 397 g/mol. The van der Waals surface area contributed by atoms with E-state index in [0.29, 0.717) is 63.6 Å². The number of hydrogen-bond donors (Lipinski definition) is 0. The molecule has 2 aliphatic heterocycles. The molecule has 2 aliphatic rings. The standard InChI is InChI=1S/C21H24FN5O2/c22-18-4-1-3-17(15-18)20(29)25-9-5-16(6-10-25)19(28)26-11-13-27(14-12-26)21-23-7-2-8-24-21/h1-4,7-8,15-16H,5-6,9-14H2. The largest absolute Gasteiger partial charge is 0.339 e. The van der Waals surface area contributed by atoms with Crippen LogP contribution < -0.4 is 4.90 Å². The molecule has 1 aromatic carbocycles. The van der Waals surface area contributed by atoms with E-state index in [1.807, 2.05) is 4.90 Å². The molecule has 0 unspecified atom stereocenters. The van der Waals surface area contributed by atoms with E-state index >= 15 is 0 Å². The number of likely N-dealkylation sites (tertiary alicyclic amines) is 1. The van der Waals surface area contributed by atoms with Crippen molar-refractivity contribution in [2.45, 2.75) is 12.8 Å². The first-order valence-corrected chi connectivity index (χ1v) is 9.97. The van der Waals surface area contributed by atoms with Gasteiger partial charge in [0.25, 0.3) is 5.91 Å². The van der Waals surface area contributed by atoms with Crippen LogP contribution in [0.4, 0.5) is 10.3 Å². The van der Waals surface area contributed by atoms with E-state index in [4.69, 9.17) is 0 Å². The Morgan fingerprint density at radius 1 is 0.897 bits per heavy atom. The Kier molecular flexibility index (Phi) is 5.69. The first-order valence-electron chi connectivity index (χ1n) is 9.97. The van der Waals surface area contributed by atoms with Crippen LogP contribution in [-0.4, -0.2) is 70.9 Å². The van der Waals surface area contributed by atoms with Crippen molar-refractivity contribution in [3.8, 4) is 0 Å². The van der Waals surface area contributed by atoms with E-state index in [2.05, 4.69) is 14.9 Å². The summed E-state index contributed by atoms with van der Waals surface area (Å²) in [4.78, 5) is 39.7. The third-order valence-electron chi connectivity index (χ3n) is 5.63. The van der Waals surface area contributed by atoms with Crippen LogP contribution in [0.15, 0.2) is 42.7 Å². The Labute approximate surface area is 169 Å². The van der Waals surface area contributed by atoms with Gasteiger partial charge in [0.1, 0.15) is 5.82 Å². The SMILES string of the molecule is O=C(c1cccc(F)c1)N1CCC(C(=O)N2CCN(c3ncccn3)CC2)CC1. The molecule has 8 heteroatoms. The lowest BCUT2D eigenvalue weighted by Crippen LogP contribution is -2.52. The maximum absolute atomic E-state index is 13.4. The van der Waals surface area contributed by atoms with Crippen molar-refractivity contribution >= 4 is 17.8 Å². The van der Waals surface area contributed by atoms with Crippen LogP contribution in [0, 0.1) is 11.7 Å². The van der Waals surface area contributed by atoms with Crippen LogP contribution >= 0.6 is 0 Å². The van der Waals surface area contributed by atoms with E-state index in [1.54, 1.807) is 35.5 Å². The van der Waals surface area contributed by atoms with E-state index < -0.39 is 5.82 Å². The number of carbonyl (C=O) groups is 2. The van der Waals surface area contributed by atoms with Crippen molar-refractivity contribution in [3.63, 3.8) is 0 Å². The fraction of sp³-hybridized carbons (Fsp3) is 0.429. The quantitative estimate of drug-likeness (QED) is 0.790. The Morgan fingerprint density at radius 2 is 1.59 bits per heavy atom. The first-order chi connectivity index (χ1) is 14.1. The van der Waals surface area contributed by atoms with Gasteiger partial charge in [0.15, 0.2) is 0 Å². The number of piperazine rings is 1. The fourth-order valence-electron chi connectivity index (χ4n) is 3.97. The van der Waals surface area contributed by atoms with Crippen LogP contribution in [0.5, 0.6) is 0 Å². The smallest absolute Gasteiger partial charge is 0.253 e. The molecule has 2 amide bonds. The molecule has 0 radical (unpaired) electrons. The molecule has 2 saturated heterocycles. The van der Waals surface area contributed by atoms with Gasteiger partial charge in [-0.05, 0) is 37.1 Å². The molecule has 3 heterocycles. The van der Waals surface area contributed by atoms with Gasteiger partial charge in [-0.25, -0.2) is 14.4 Å². The van der Waals surface area contributed by atoms with E-state index in [1.165, 1.54) is 12.1 Å². The number of hydrogen-bond acceptors (Lipinski definition) is 5. The molecule has 152 valence electrons. The summed E-state index contributed by atoms with van der Waals surface area (Å²) in [5.74, 6) is 0.208. The molecule has 2 aromatic rings. The molecule has 0 N–H and O–H groups in total. The molecule has 0 aliphatic carbocycles. The summed E-state index contributed by atoms with van der Waals surface area (Å²) < 4.78 is 13.4. The van der Waals surface area contributed by atoms with Crippen molar-refractivity contribution < 1.29 is 14.0 Å². The van der Waals surface area contributed by atoms with Gasteiger partial charge in [-0.15, -0.1) is 0 Å². The van der Waals surface area contributed by atoms with Crippen LogP contribution in [-0.2, 0) is 4.79 Å². The highest BCUT2D eigenvalue weighted by atomic mass is 19.1. The number of nitrogens with zero attached hydrogens (tertiary/aromatic N) is 5. The third-order valence-corrected chi connectivity index (χ3v) is 5.63. The second kappa shape index (κ2) is 8.55. The first kappa shape index (κ1) is 19.3. The topological polar surface area (TPSA) is 69.6 Å². The summed E-state index contributed by atoms with van der Waals surface area (Å²) in [6.07, 6.45) is 4.72. The number of halogens is 1. The van der Waals surface area contributed by atoms with Gasteiger partial charge < -0.3 is 14.7 Å². The van der Waals surface area contributed by atoms with Crippen molar-refractivity contribution in [2.75, 3.05) is 44.2 Å². The average molecular weight is 397 g/mol. The van der Waals surface area contributed by atoms with Crippen molar-refractivity contribution in [2.24, 2.45) is 5.92 Å². The van der Waals surface area contributed by atoms with Gasteiger partial charge >= 0.3 is 0 Å². The van der Waals surface area contributed by atoms with Crippen molar-refractivity contribution in [1.82, 2.24) is 19.8 Å². The molecular weight excluding hydrogens is 373 g/mol. The number of amides is 2. The summed E-state index contributed by atoms with van der Waals surface area (Å²) in [5.41, 5.74) is 0.356. The number of benzene rings is 1. The number of carbonyl (C=O) groups excluding carboxylic acids is 2. The maximum Gasteiger partial charge on any atom is 0.253 e. The predicted molar refractivity (Wildman–Crippen MR) is 106 cm³/mol. The lowest BCUT2D eigenvalue weighted by Gasteiger charge is -2.38. The molecule has 0 spiro atoms. The highest BCUT2D eigenvalue weighted by Gasteiger charge is 2.32. The van der Waals surface area contributed by atoms with E-state index in [0.717, 1.165) is 0 Å². The van der Waals surface area contributed by atoms with Gasteiger partial charge in [0.2, 0.25) is 11.9 Å². The minimum atomic E-state index is -0.416. The predicted octanol–water partition coefficient (Wildman–Crippen LogP) is 1.82. The molecule has 0 bridgehead atoms. The lowest BCUT2D eigenvalue weighted by atomic mass is 9.94. The molecule has 0 saturated carbocycles.